The lowest BCUT2D eigenvalue weighted by molar-refractivity contribution is -0.197. The van der Waals surface area contributed by atoms with Gasteiger partial charge in [-0.05, 0) is 0 Å². The molecule has 2 N–H and O–H groups in total. The molecule has 0 aliphatic heterocycles. The number of carbonyl (C=O) groups excluding carboxylic acids is 1. The molecule has 0 atom stereocenters. The molecule has 0 saturated carbocycles. The Balaban J connectivity index is 4.19. The van der Waals surface area contributed by atoms with Gasteiger partial charge in [-0.2, -0.15) is 0 Å². The van der Waals surface area contributed by atoms with Gasteiger partial charge in [-0.1, -0.05) is 41.4 Å². The van der Waals surface area contributed by atoms with E-state index in [9.17, 15) is 4.79 Å². The van der Waals surface area contributed by atoms with Crippen molar-refractivity contribution in [2.24, 2.45) is 0 Å². The third kappa shape index (κ3) is 4.15. The summed E-state index contributed by atoms with van der Waals surface area (Å²) < 4.78 is 1.92. The van der Waals surface area contributed by atoms with Crippen molar-refractivity contribution in [1.29, 1.82) is 0 Å². The summed E-state index contributed by atoms with van der Waals surface area (Å²) >= 11 is 15.5. The van der Waals surface area contributed by atoms with E-state index < -0.39 is 22.2 Å². The van der Waals surface area contributed by atoms with E-state index in [4.69, 9.17) is 45.0 Å². The van der Waals surface area contributed by atoms with Gasteiger partial charge in [0, 0.05) is 6.08 Å². The van der Waals surface area contributed by atoms with Crippen LogP contribution in [0.15, 0.2) is 12.7 Å². The van der Waals surface area contributed by atoms with Crippen LogP contribution in [-0.2, 0) is 9.53 Å². The summed E-state index contributed by atoms with van der Waals surface area (Å²) in [6, 6.07) is 0. The zero-order valence-electron chi connectivity index (χ0n) is 6.34. The van der Waals surface area contributed by atoms with Crippen LogP contribution in [0.5, 0.6) is 0 Å². The van der Waals surface area contributed by atoms with Crippen molar-refractivity contribution in [1.82, 2.24) is 0 Å². The molecule has 76 valence electrons. The molecular weight excluding hydrogens is 242 g/mol. The van der Waals surface area contributed by atoms with E-state index in [1.165, 1.54) is 0 Å². The third-order valence-electron chi connectivity index (χ3n) is 1.04. The monoisotopic (exact) mass is 248 g/mol. The van der Waals surface area contributed by atoms with Crippen LogP contribution in [-0.4, -0.2) is 32.4 Å². The molecule has 7 heteroatoms. The van der Waals surface area contributed by atoms with Crippen LogP contribution in [0.2, 0.25) is 0 Å². The molecule has 0 amide bonds. The van der Waals surface area contributed by atoms with Crippen LogP contribution in [0.25, 0.3) is 0 Å². The number of carbonyl (C=O) groups is 1. The second-order valence-corrected chi connectivity index (χ2v) is 4.41. The summed E-state index contributed by atoms with van der Waals surface area (Å²) in [6.07, 6.45) is 0.842. The second kappa shape index (κ2) is 4.48. The van der Waals surface area contributed by atoms with Crippen LogP contribution in [0, 0.1) is 0 Å². The summed E-state index contributed by atoms with van der Waals surface area (Å²) in [6.45, 7) is 2.23. The molecule has 0 fully saturated rings. The molecule has 0 aromatic heterocycles. The quantitative estimate of drug-likeness (QED) is 0.335. The van der Waals surface area contributed by atoms with E-state index in [-0.39, 0.29) is 0 Å². The maximum atomic E-state index is 10.5. The lowest BCUT2D eigenvalue weighted by atomic mass is 10.3. The number of rotatable bonds is 3. The number of esters is 1. The predicted molar refractivity (Wildman–Crippen MR) is 48.6 cm³/mol. The van der Waals surface area contributed by atoms with Crippen LogP contribution in [0.3, 0.4) is 0 Å². The fraction of sp³-hybridized carbons (Fsp3) is 0.500. The summed E-state index contributed by atoms with van der Waals surface area (Å²) in [5.41, 5.74) is 0. The van der Waals surface area contributed by atoms with E-state index in [0.717, 1.165) is 6.08 Å². The molecular formula is C6H7Cl3O4. The highest BCUT2D eigenvalue weighted by molar-refractivity contribution is 6.68. The first-order valence-electron chi connectivity index (χ1n) is 3.01. The third-order valence-corrected chi connectivity index (χ3v) is 1.94. The largest absolute Gasteiger partial charge is 0.457 e. The maximum absolute atomic E-state index is 10.5. The average Bonchev–Trinajstić information content (AvgIpc) is 1.98. The highest BCUT2D eigenvalue weighted by Crippen LogP contribution is 2.36. The molecule has 0 aliphatic rings. The minimum atomic E-state index is -2.73. The number of halogens is 3. The molecule has 13 heavy (non-hydrogen) atoms. The summed E-state index contributed by atoms with van der Waals surface area (Å²) in [4.78, 5) is 10.5. The number of aliphatic hydroxyl groups is 2. The lowest BCUT2D eigenvalue weighted by Gasteiger charge is -2.27. The number of hydrogen-bond donors (Lipinski definition) is 2. The summed E-state index contributed by atoms with van der Waals surface area (Å²) in [5, 5.41) is 18.1. The van der Waals surface area contributed by atoms with Crippen molar-refractivity contribution in [3.8, 4) is 0 Å². The Labute approximate surface area is 89.6 Å². The standard InChI is InChI=1S/C6H7Cl3O4/c1-2-4(10)13-3-5(11,12)6(7,8)9/h2,11-12H,1,3H2. The lowest BCUT2D eigenvalue weighted by Crippen LogP contribution is -2.47. The van der Waals surface area contributed by atoms with E-state index in [1.54, 1.807) is 0 Å². The zero-order chi connectivity index (χ0) is 10.7. The fourth-order valence-corrected chi connectivity index (χ4v) is 0.476. The SMILES string of the molecule is C=CC(=O)OCC(O)(O)C(Cl)(Cl)Cl. The smallest absolute Gasteiger partial charge is 0.330 e. The molecule has 0 aromatic carbocycles. The van der Waals surface area contributed by atoms with Gasteiger partial charge in [0.2, 0.25) is 9.58 Å². The Hall–Kier alpha value is -0.000000000000000111. The number of hydrogen-bond acceptors (Lipinski definition) is 4. The van der Waals surface area contributed by atoms with Crippen LogP contribution in [0.1, 0.15) is 0 Å². The van der Waals surface area contributed by atoms with E-state index in [1.807, 2.05) is 0 Å². The second-order valence-electron chi connectivity index (χ2n) is 2.13. The molecule has 0 rings (SSSR count). The Morgan fingerprint density at radius 3 is 2.23 bits per heavy atom. The fourth-order valence-electron chi connectivity index (χ4n) is 0.313. The van der Waals surface area contributed by atoms with Gasteiger partial charge < -0.3 is 14.9 Å². The van der Waals surface area contributed by atoms with Gasteiger partial charge in [0.25, 0.3) is 0 Å². The van der Waals surface area contributed by atoms with Crippen molar-refractivity contribution in [2.75, 3.05) is 6.61 Å². The molecule has 0 unspecified atom stereocenters. The highest BCUT2D eigenvalue weighted by Gasteiger charge is 2.47. The van der Waals surface area contributed by atoms with Crippen LogP contribution in [0.4, 0.5) is 0 Å². The van der Waals surface area contributed by atoms with E-state index in [2.05, 4.69) is 11.3 Å². The molecule has 0 aromatic rings. The topological polar surface area (TPSA) is 66.8 Å². The summed E-state index contributed by atoms with van der Waals surface area (Å²) in [5.74, 6) is -3.57. The zero-order valence-corrected chi connectivity index (χ0v) is 8.60. The van der Waals surface area contributed by atoms with E-state index in [0.29, 0.717) is 0 Å². The minimum absolute atomic E-state index is 0.842. The van der Waals surface area contributed by atoms with Crippen molar-refractivity contribution < 1.29 is 19.7 Å². The maximum Gasteiger partial charge on any atom is 0.330 e. The normalized spacial score (nSPS) is 12.4. The van der Waals surface area contributed by atoms with Gasteiger partial charge in [-0.15, -0.1) is 0 Å². The van der Waals surface area contributed by atoms with Crippen molar-refractivity contribution in [3.05, 3.63) is 12.7 Å². The molecule has 0 bridgehead atoms. The Bertz CT molecular complexity index is 208. The first-order valence-corrected chi connectivity index (χ1v) is 4.15. The van der Waals surface area contributed by atoms with Gasteiger partial charge in [0.05, 0.1) is 0 Å². The highest BCUT2D eigenvalue weighted by atomic mass is 35.6. The number of alkyl halides is 3. The van der Waals surface area contributed by atoms with Gasteiger partial charge in [0.15, 0.2) is 0 Å². The molecule has 0 radical (unpaired) electrons. The average molecular weight is 249 g/mol. The molecule has 0 spiro atoms. The predicted octanol–water partition coefficient (Wildman–Crippen LogP) is 0.767. The van der Waals surface area contributed by atoms with Crippen molar-refractivity contribution >= 4 is 40.8 Å². The minimum Gasteiger partial charge on any atom is -0.457 e. The summed E-state index contributed by atoms with van der Waals surface area (Å²) in [7, 11) is 0. The molecule has 0 saturated heterocycles. The first kappa shape index (κ1) is 13.0. The first-order chi connectivity index (χ1) is 5.70. The Kier molecular flexibility index (Phi) is 4.48. The van der Waals surface area contributed by atoms with Crippen molar-refractivity contribution in [2.45, 2.75) is 9.58 Å². The van der Waals surface area contributed by atoms with Gasteiger partial charge in [-0.25, -0.2) is 4.79 Å². The van der Waals surface area contributed by atoms with E-state index >= 15 is 0 Å². The van der Waals surface area contributed by atoms with Gasteiger partial charge >= 0.3 is 5.97 Å². The molecule has 4 nitrogen and oxygen atoms in total. The van der Waals surface area contributed by atoms with Gasteiger partial charge in [0.1, 0.15) is 6.61 Å². The van der Waals surface area contributed by atoms with Crippen LogP contribution >= 0.6 is 34.8 Å². The van der Waals surface area contributed by atoms with Crippen LogP contribution < -0.4 is 0 Å². The van der Waals surface area contributed by atoms with Crippen molar-refractivity contribution in [3.63, 3.8) is 0 Å². The van der Waals surface area contributed by atoms with Gasteiger partial charge in [-0.3, -0.25) is 0 Å². The molecule has 0 heterocycles. The Morgan fingerprint density at radius 1 is 1.46 bits per heavy atom. The number of ether oxygens (including phenoxy) is 1. The molecule has 0 aliphatic carbocycles. The Morgan fingerprint density at radius 2 is 1.92 bits per heavy atom.